The van der Waals surface area contributed by atoms with E-state index in [9.17, 15) is 14.0 Å². The monoisotopic (exact) mass is 526 g/mol. The first-order valence-electron chi connectivity index (χ1n) is 12.9. The van der Waals surface area contributed by atoms with Gasteiger partial charge in [-0.1, -0.05) is 12.1 Å². The normalized spacial score (nSPS) is 14.5. The van der Waals surface area contributed by atoms with Gasteiger partial charge in [-0.2, -0.15) is 5.10 Å². The second kappa shape index (κ2) is 10.4. The van der Waals surface area contributed by atoms with E-state index >= 15 is 0 Å². The van der Waals surface area contributed by atoms with Gasteiger partial charge < -0.3 is 16.4 Å². The predicted molar refractivity (Wildman–Crippen MR) is 147 cm³/mol. The summed E-state index contributed by atoms with van der Waals surface area (Å²) in [7, 11) is 3.21. The van der Waals surface area contributed by atoms with E-state index in [1.165, 1.54) is 12.1 Å². The molecule has 5 N–H and O–H groups in total. The summed E-state index contributed by atoms with van der Waals surface area (Å²) in [5.41, 5.74) is 11.4. The van der Waals surface area contributed by atoms with Gasteiger partial charge in [0.2, 0.25) is 0 Å². The zero-order valence-electron chi connectivity index (χ0n) is 22.1. The van der Waals surface area contributed by atoms with Crippen molar-refractivity contribution >= 4 is 11.8 Å². The molecule has 8 nitrogen and oxygen atoms in total. The standard InChI is InChI=1S/C30H31FN6O2/c1-17(32)16-30(29-35-26(36-37-29)18-6-10-23(31)11-7-18)24-12-8-21(27(38)33-2)14-19(24)4-5-20-15-22(28(39)34-3)9-13-25(20)30/h6-15,17H,4-5,16,32H2,1-3H3,(H,33,38)(H,34,39)(H,35,36,37)/t17-/m1/s1. The lowest BCUT2D eigenvalue weighted by molar-refractivity contribution is 0.0955. The second-order valence-electron chi connectivity index (χ2n) is 10.0. The molecule has 0 radical (unpaired) electrons. The van der Waals surface area contributed by atoms with E-state index in [1.807, 2.05) is 43.3 Å². The maximum Gasteiger partial charge on any atom is 0.251 e. The Bertz CT molecular complexity index is 1480. The van der Waals surface area contributed by atoms with Gasteiger partial charge in [0.1, 0.15) is 11.6 Å². The highest BCUT2D eigenvalue weighted by molar-refractivity contribution is 5.95. The third kappa shape index (κ3) is 4.70. The van der Waals surface area contributed by atoms with Crippen molar-refractivity contribution in [1.29, 1.82) is 0 Å². The molecule has 0 saturated carbocycles. The highest BCUT2D eigenvalue weighted by atomic mass is 19.1. The fourth-order valence-corrected chi connectivity index (χ4v) is 5.65. The van der Waals surface area contributed by atoms with Gasteiger partial charge in [-0.05, 0) is 97.0 Å². The number of hydrogen-bond acceptors (Lipinski definition) is 5. The number of carbonyl (C=O) groups is 2. The summed E-state index contributed by atoms with van der Waals surface area (Å²) in [6.45, 7) is 1.95. The number of halogens is 1. The van der Waals surface area contributed by atoms with Gasteiger partial charge in [-0.25, -0.2) is 9.37 Å². The summed E-state index contributed by atoms with van der Waals surface area (Å²) in [5, 5.41) is 13.1. The molecule has 39 heavy (non-hydrogen) atoms. The van der Waals surface area contributed by atoms with E-state index in [2.05, 4.69) is 20.8 Å². The molecule has 1 atom stereocenters. The van der Waals surface area contributed by atoms with Crippen molar-refractivity contribution in [3.63, 3.8) is 0 Å². The van der Waals surface area contributed by atoms with Crippen LogP contribution < -0.4 is 16.4 Å². The number of aromatic amines is 1. The molecule has 0 bridgehead atoms. The number of nitrogens with two attached hydrogens (primary N) is 1. The van der Waals surface area contributed by atoms with Crippen molar-refractivity contribution in [2.24, 2.45) is 5.73 Å². The maximum absolute atomic E-state index is 13.6. The van der Waals surface area contributed by atoms with Gasteiger partial charge in [0, 0.05) is 36.8 Å². The molecule has 0 spiro atoms. The fourth-order valence-electron chi connectivity index (χ4n) is 5.65. The van der Waals surface area contributed by atoms with E-state index in [0.717, 1.165) is 22.3 Å². The average molecular weight is 527 g/mol. The Balaban J connectivity index is 1.79. The van der Waals surface area contributed by atoms with Crippen LogP contribution in [0.1, 0.15) is 62.1 Å². The Morgan fingerprint density at radius 1 is 0.949 bits per heavy atom. The number of benzene rings is 3. The SMILES string of the molecule is CNC(=O)c1ccc2c(c1)CCc1cc(C(=O)NC)ccc1C2(C[C@@H](C)N)c1nc(-c2ccc(F)cc2)n[nH]1. The molecule has 0 saturated heterocycles. The second-order valence-corrected chi connectivity index (χ2v) is 10.0. The number of nitrogens with one attached hydrogen (secondary N) is 3. The number of rotatable bonds is 6. The summed E-state index contributed by atoms with van der Waals surface area (Å²) < 4.78 is 13.6. The smallest absolute Gasteiger partial charge is 0.251 e. The van der Waals surface area contributed by atoms with Crippen molar-refractivity contribution in [2.45, 2.75) is 37.6 Å². The molecule has 200 valence electrons. The highest BCUT2D eigenvalue weighted by Crippen LogP contribution is 2.47. The van der Waals surface area contributed by atoms with E-state index in [4.69, 9.17) is 10.7 Å². The minimum Gasteiger partial charge on any atom is -0.355 e. The van der Waals surface area contributed by atoms with Crippen LogP contribution in [0.15, 0.2) is 60.7 Å². The number of aryl methyl sites for hydroxylation is 2. The first kappa shape index (κ1) is 26.2. The summed E-state index contributed by atoms with van der Waals surface area (Å²) in [4.78, 5) is 30.0. The number of H-pyrrole nitrogens is 1. The van der Waals surface area contributed by atoms with Crippen molar-refractivity contribution in [2.75, 3.05) is 14.1 Å². The largest absolute Gasteiger partial charge is 0.355 e. The van der Waals surface area contributed by atoms with Crippen molar-refractivity contribution in [3.8, 4) is 11.4 Å². The van der Waals surface area contributed by atoms with Crippen molar-refractivity contribution in [1.82, 2.24) is 25.8 Å². The van der Waals surface area contributed by atoms with Gasteiger partial charge in [0.05, 0.1) is 5.41 Å². The van der Waals surface area contributed by atoms with Gasteiger partial charge in [-0.3, -0.25) is 14.7 Å². The molecule has 1 aliphatic carbocycles. The van der Waals surface area contributed by atoms with E-state index in [1.54, 1.807) is 26.2 Å². The molecule has 0 unspecified atom stereocenters. The quantitative estimate of drug-likeness (QED) is 0.306. The number of amides is 2. The highest BCUT2D eigenvalue weighted by Gasteiger charge is 2.44. The molecule has 1 aromatic heterocycles. The Morgan fingerprint density at radius 2 is 1.49 bits per heavy atom. The minimum absolute atomic E-state index is 0.169. The number of aromatic nitrogens is 3. The lowest BCUT2D eigenvalue weighted by atomic mass is 9.68. The first-order valence-corrected chi connectivity index (χ1v) is 12.9. The molecule has 5 rings (SSSR count). The summed E-state index contributed by atoms with van der Waals surface area (Å²) >= 11 is 0. The Kier molecular flexibility index (Phi) is 7.01. The zero-order chi connectivity index (χ0) is 27.7. The molecule has 4 aromatic rings. The van der Waals surface area contributed by atoms with Gasteiger partial charge in [-0.15, -0.1) is 0 Å². The molecule has 3 aromatic carbocycles. The predicted octanol–water partition coefficient (Wildman–Crippen LogP) is 3.50. The summed E-state index contributed by atoms with van der Waals surface area (Å²) in [6.07, 6.45) is 1.80. The topological polar surface area (TPSA) is 126 Å². The molecule has 1 heterocycles. The average Bonchev–Trinajstić information content (AvgIpc) is 3.40. The Morgan fingerprint density at radius 3 is 1.97 bits per heavy atom. The molecular formula is C30H31FN6O2. The molecule has 2 amide bonds. The van der Waals surface area contributed by atoms with Crippen LogP contribution in [0, 0.1) is 5.82 Å². The molecule has 0 aliphatic heterocycles. The third-order valence-electron chi connectivity index (χ3n) is 7.39. The van der Waals surface area contributed by atoms with Crippen LogP contribution in [0.25, 0.3) is 11.4 Å². The van der Waals surface area contributed by atoms with Crippen LogP contribution in [0.2, 0.25) is 0 Å². The van der Waals surface area contributed by atoms with Crippen LogP contribution >= 0.6 is 0 Å². The van der Waals surface area contributed by atoms with E-state index < -0.39 is 5.41 Å². The van der Waals surface area contributed by atoms with E-state index in [0.29, 0.717) is 47.6 Å². The minimum atomic E-state index is -0.844. The number of fused-ring (bicyclic) bond motifs is 2. The van der Waals surface area contributed by atoms with Crippen LogP contribution in [0.3, 0.4) is 0 Å². The molecule has 1 aliphatic rings. The zero-order valence-corrected chi connectivity index (χ0v) is 22.1. The first-order chi connectivity index (χ1) is 18.8. The fraction of sp³-hybridized carbons (Fsp3) is 0.267. The number of nitrogens with zero attached hydrogens (tertiary/aromatic N) is 2. The van der Waals surface area contributed by atoms with E-state index in [-0.39, 0.29) is 23.7 Å². The van der Waals surface area contributed by atoms with Crippen LogP contribution in [0.5, 0.6) is 0 Å². The number of hydrogen-bond donors (Lipinski definition) is 4. The van der Waals surface area contributed by atoms with Gasteiger partial charge >= 0.3 is 0 Å². The lowest BCUT2D eigenvalue weighted by Gasteiger charge is -2.36. The Labute approximate surface area is 226 Å². The summed E-state index contributed by atoms with van der Waals surface area (Å²) in [5.74, 6) is 0.345. The van der Waals surface area contributed by atoms with Crippen LogP contribution in [-0.2, 0) is 18.3 Å². The molecular weight excluding hydrogens is 495 g/mol. The lowest BCUT2D eigenvalue weighted by Crippen LogP contribution is -2.38. The number of carbonyl (C=O) groups excluding carboxylic acids is 2. The summed E-state index contributed by atoms with van der Waals surface area (Å²) in [6, 6.07) is 17.2. The molecule has 0 fully saturated rings. The van der Waals surface area contributed by atoms with Crippen LogP contribution in [-0.4, -0.2) is 47.1 Å². The maximum atomic E-state index is 13.6. The van der Waals surface area contributed by atoms with Crippen molar-refractivity contribution < 1.29 is 14.0 Å². The van der Waals surface area contributed by atoms with Gasteiger partial charge in [0.25, 0.3) is 11.8 Å². The van der Waals surface area contributed by atoms with Gasteiger partial charge in [0.15, 0.2) is 5.82 Å². The third-order valence-corrected chi connectivity index (χ3v) is 7.39. The Hall–Kier alpha value is -4.37. The molecule has 9 heteroatoms. The van der Waals surface area contributed by atoms with Crippen molar-refractivity contribution in [3.05, 3.63) is 106 Å². The van der Waals surface area contributed by atoms with Crippen LogP contribution in [0.4, 0.5) is 4.39 Å².